The summed E-state index contributed by atoms with van der Waals surface area (Å²) in [6, 6.07) is -0.327. The summed E-state index contributed by atoms with van der Waals surface area (Å²) in [6.45, 7) is 11.1. The molecule has 0 N–H and O–H groups in total. The minimum absolute atomic E-state index is 0.0667. The van der Waals surface area contributed by atoms with Gasteiger partial charge >= 0.3 is 12.1 Å². The number of hydrogen-bond acceptors (Lipinski definition) is 5. The molecule has 1 fully saturated rings. The fraction of sp³-hybridized carbons (Fsp3) is 0.667. The van der Waals surface area contributed by atoms with Crippen molar-refractivity contribution in [3.63, 3.8) is 0 Å². The lowest BCUT2D eigenvalue weighted by molar-refractivity contribution is -0.150. The predicted molar refractivity (Wildman–Crippen MR) is 76.4 cm³/mol. The zero-order valence-corrected chi connectivity index (χ0v) is 13.0. The van der Waals surface area contributed by atoms with Gasteiger partial charge in [-0.25, -0.2) is 9.69 Å². The predicted octanol–water partition coefficient (Wildman–Crippen LogP) is 2.14. The van der Waals surface area contributed by atoms with Crippen molar-refractivity contribution < 1.29 is 23.9 Å². The standard InChI is InChI=1S/C15H23NO5/c1-6-15(5,8-12(17)20-7-2)13(18)16-11(10(3)4)9-21-14(16)19/h6,10-11H,1,7-9H2,2-5H3/t11-,15+/m1/s1. The number of carbonyl (C=O) groups is 3. The van der Waals surface area contributed by atoms with E-state index in [1.165, 1.54) is 6.08 Å². The number of carbonyl (C=O) groups excluding carboxylic acids is 3. The molecular formula is C15H23NO5. The van der Waals surface area contributed by atoms with Crippen LogP contribution < -0.4 is 0 Å². The Morgan fingerprint density at radius 1 is 1.57 bits per heavy atom. The molecule has 0 spiro atoms. The van der Waals surface area contributed by atoms with E-state index in [1.54, 1.807) is 13.8 Å². The molecule has 0 unspecified atom stereocenters. The molecule has 118 valence electrons. The molecule has 1 saturated heterocycles. The number of hydrogen-bond donors (Lipinski definition) is 0. The summed E-state index contributed by atoms with van der Waals surface area (Å²) in [7, 11) is 0. The smallest absolute Gasteiger partial charge is 0.417 e. The van der Waals surface area contributed by atoms with Gasteiger partial charge in [0.15, 0.2) is 0 Å². The topological polar surface area (TPSA) is 72.9 Å². The lowest BCUT2D eigenvalue weighted by atomic mass is 9.84. The highest BCUT2D eigenvalue weighted by Crippen LogP contribution is 2.31. The van der Waals surface area contributed by atoms with E-state index in [-0.39, 0.29) is 31.6 Å². The zero-order valence-electron chi connectivity index (χ0n) is 13.0. The van der Waals surface area contributed by atoms with Crippen molar-refractivity contribution in [1.29, 1.82) is 0 Å². The summed E-state index contributed by atoms with van der Waals surface area (Å²) < 4.78 is 9.85. The summed E-state index contributed by atoms with van der Waals surface area (Å²) in [5.74, 6) is -0.911. The maximum atomic E-state index is 12.7. The van der Waals surface area contributed by atoms with Crippen molar-refractivity contribution in [2.45, 2.75) is 40.2 Å². The first-order valence-electron chi connectivity index (χ1n) is 7.06. The van der Waals surface area contributed by atoms with Gasteiger partial charge in [-0.2, -0.15) is 0 Å². The van der Waals surface area contributed by atoms with Gasteiger partial charge in [0.05, 0.1) is 24.5 Å². The molecule has 1 aliphatic heterocycles. The van der Waals surface area contributed by atoms with Crippen molar-refractivity contribution in [3.05, 3.63) is 12.7 Å². The first-order chi connectivity index (χ1) is 9.76. The number of cyclic esters (lactones) is 1. The Morgan fingerprint density at radius 3 is 2.67 bits per heavy atom. The molecule has 0 saturated carbocycles. The number of esters is 1. The van der Waals surface area contributed by atoms with Crippen LogP contribution in [0.1, 0.15) is 34.1 Å². The largest absolute Gasteiger partial charge is 0.466 e. The second-order valence-electron chi connectivity index (χ2n) is 5.67. The second kappa shape index (κ2) is 6.74. The summed E-state index contributed by atoms with van der Waals surface area (Å²) >= 11 is 0. The summed E-state index contributed by atoms with van der Waals surface area (Å²) in [5.41, 5.74) is -1.19. The van der Waals surface area contributed by atoms with Gasteiger partial charge in [-0.3, -0.25) is 9.59 Å². The van der Waals surface area contributed by atoms with Crippen LogP contribution in [0.4, 0.5) is 4.79 Å². The van der Waals surface area contributed by atoms with Gasteiger partial charge in [0.1, 0.15) is 6.61 Å². The molecule has 21 heavy (non-hydrogen) atoms. The van der Waals surface area contributed by atoms with Crippen molar-refractivity contribution in [3.8, 4) is 0 Å². The molecule has 0 aromatic carbocycles. The van der Waals surface area contributed by atoms with Crippen molar-refractivity contribution in [2.24, 2.45) is 11.3 Å². The number of imide groups is 1. The van der Waals surface area contributed by atoms with E-state index >= 15 is 0 Å². The molecule has 1 aliphatic rings. The number of ether oxygens (including phenoxy) is 2. The van der Waals surface area contributed by atoms with Crippen LogP contribution in [0.15, 0.2) is 12.7 Å². The molecular weight excluding hydrogens is 274 g/mol. The van der Waals surface area contributed by atoms with Crippen molar-refractivity contribution >= 4 is 18.0 Å². The van der Waals surface area contributed by atoms with Crippen LogP contribution >= 0.6 is 0 Å². The molecule has 2 amide bonds. The van der Waals surface area contributed by atoms with E-state index in [1.807, 2.05) is 13.8 Å². The van der Waals surface area contributed by atoms with E-state index in [2.05, 4.69) is 6.58 Å². The van der Waals surface area contributed by atoms with Crippen molar-refractivity contribution in [1.82, 2.24) is 4.90 Å². The zero-order chi connectivity index (χ0) is 16.2. The quantitative estimate of drug-likeness (QED) is 0.554. The summed E-state index contributed by atoms with van der Waals surface area (Å²) in [5, 5.41) is 0. The van der Waals surface area contributed by atoms with Crippen LogP contribution in [0, 0.1) is 11.3 Å². The van der Waals surface area contributed by atoms with E-state index in [0.717, 1.165) is 4.90 Å². The van der Waals surface area contributed by atoms with Crippen LogP contribution in [-0.4, -0.2) is 42.1 Å². The van der Waals surface area contributed by atoms with Crippen LogP contribution in [-0.2, 0) is 19.1 Å². The van der Waals surface area contributed by atoms with Gasteiger partial charge in [0, 0.05) is 0 Å². The number of amides is 2. The first-order valence-corrected chi connectivity index (χ1v) is 7.06. The van der Waals surface area contributed by atoms with E-state index in [0.29, 0.717) is 0 Å². The second-order valence-corrected chi connectivity index (χ2v) is 5.67. The van der Waals surface area contributed by atoms with E-state index in [4.69, 9.17) is 9.47 Å². The molecule has 1 rings (SSSR count). The summed E-state index contributed by atoms with van der Waals surface area (Å²) in [6.07, 6.45) is 0.558. The third-order valence-corrected chi connectivity index (χ3v) is 3.65. The Kier molecular flexibility index (Phi) is 5.52. The molecule has 2 atom stereocenters. The Hall–Kier alpha value is -1.85. The lowest BCUT2D eigenvalue weighted by Crippen LogP contribution is -2.48. The molecule has 0 aromatic heterocycles. The molecule has 6 heteroatoms. The van der Waals surface area contributed by atoms with Crippen LogP contribution in [0.25, 0.3) is 0 Å². The van der Waals surface area contributed by atoms with Gasteiger partial charge in [-0.1, -0.05) is 19.9 Å². The first kappa shape index (κ1) is 17.2. The Labute approximate surface area is 125 Å². The van der Waals surface area contributed by atoms with Crippen LogP contribution in [0.5, 0.6) is 0 Å². The fourth-order valence-corrected chi connectivity index (χ4v) is 2.18. The van der Waals surface area contributed by atoms with Gasteiger partial charge < -0.3 is 9.47 Å². The SMILES string of the molecule is C=C[C@@](C)(CC(=O)OCC)C(=O)N1C(=O)OC[C@@H]1C(C)C. The third-order valence-electron chi connectivity index (χ3n) is 3.65. The normalized spacial score (nSPS) is 20.9. The maximum Gasteiger partial charge on any atom is 0.417 e. The monoisotopic (exact) mass is 297 g/mol. The van der Waals surface area contributed by atoms with Gasteiger partial charge in [0.25, 0.3) is 0 Å². The minimum atomic E-state index is -1.19. The lowest BCUT2D eigenvalue weighted by Gasteiger charge is -2.31. The highest BCUT2D eigenvalue weighted by atomic mass is 16.6. The molecule has 0 aliphatic carbocycles. The Balaban J connectivity index is 2.98. The molecule has 0 radical (unpaired) electrons. The average molecular weight is 297 g/mol. The average Bonchev–Trinajstić information content (AvgIpc) is 2.79. The van der Waals surface area contributed by atoms with Gasteiger partial charge in [-0.05, 0) is 19.8 Å². The molecule has 6 nitrogen and oxygen atoms in total. The molecule has 0 bridgehead atoms. The molecule has 0 aromatic rings. The number of rotatable bonds is 6. The highest BCUT2D eigenvalue weighted by Gasteiger charge is 2.46. The Bertz CT molecular complexity index is 445. The maximum absolute atomic E-state index is 12.7. The van der Waals surface area contributed by atoms with Crippen molar-refractivity contribution in [2.75, 3.05) is 13.2 Å². The minimum Gasteiger partial charge on any atom is -0.466 e. The van der Waals surface area contributed by atoms with Gasteiger partial charge in [-0.15, -0.1) is 6.58 Å². The highest BCUT2D eigenvalue weighted by molar-refractivity contribution is 5.99. The molecule has 1 heterocycles. The van der Waals surface area contributed by atoms with E-state index in [9.17, 15) is 14.4 Å². The van der Waals surface area contributed by atoms with Crippen LogP contribution in [0.3, 0.4) is 0 Å². The number of nitrogens with zero attached hydrogens (tertiary/aromatic N) is 1. The van der Waals surface area contributed by atoms with Crippen LogP contribution in [0.2, 0.25) is 0 Å². The summed E-state index contributed by atoms with van der Waals surface area (Å²) in [4.78, 5) is 37.3. The fourth-order valence-electron chi connectivity index (χ4n) is 2.18. The van der Waals surface area contributed by atoms with Gasteiger partial charge in [0.2, 0.25) is 5.91 Å². The third kappa shape index (κ3) is 3.62. The van der Waals surface area contributed by atoms with E-state index < -0.39 is 23.4 Å². The Morgan fingerprint density at radius 2 is 2.19 bits per heavy atom.